The topological polar surface area (TPSA) is 104 Å². The van der Waals surface area contributed by atoms with Crippen LogP contribution in [0, 0.1) is 5.41 Å². The van der Waals surface area contributed by atoms with E-state index >= 15 is 0 Å². The second-order valence-corrected chi connectivity index (χ2v) is 10.1. The number of aromatic nitrogens is 3. The summed E-state index contributed by atoms with van der Waals surface area (Å²) in [6.45, 7) is 6.67. The van der Waals surface area contributed by atoms with E-state index in [0.29, 0.717) is 36.0 Å². The van der Waals surface area contributed by atoms with Gasteiger partial charge in [-0.2, -0.15) is 4.98 Å². The monoisotopic (exact) mass is 470 g/mol. The van der Waals surface area contributed by atoms with Gasteiger partial charge in [-0.25, -0.2) is 0 Å². The number of rotatable bonds is 6. The molecule has 5 rings (SSSR count). The maximum Gasteiger partial charge on any atom is 0.258 e. The molecule has 1 saturated heterocycles. The first-order chi connectivity index (χ1) is 15.2. The minimum Gasteiger partial charge on any atom is -0.381 e. The lowest BCUT2D eigenvalue weighted by Crippen LogP contribution is -2.63. The van der Waals surface area contributed by atoms with Gasteiger partial charge in [-0.15, -0.1) is 12.4 Å². The molecule has 3 heterocycles. The first kappa shape index (κ1) is 23.8. The first-order valence-corrected chi connectivity index (χ1v) is 11.3. The van der Waals surface area contributed by atoms with E-state index < -0.39 is 11.2 Å². The molecule has 2 aromatic heterocycles. The molecular weight excluding hydrogens is 440 g/mol. The van der Waals surface area contributed by atoms with Gasteiger partial charge in [0.05, 0.1) is 0 Å². The van der Waals surface area contributed by atoms with Crippen LogP contribution in [0.1, 0.15) is 68.5 Å². The highest BCUT2D eigenvalue weighted by Crippen LogP contribution is 2.48. The van der Waals surface area contributed by atoms with Crippen molar-refractivity contribution in [3.63, 3.8) is 0 Å². The van der Waals surface area contributed by atoms with E-state index in [1.54, 1.807) is 26.2 Å². The summed E-state index contributed by atoms with van der Waals surface area (Å²) in [6, 6.07) is 10.3. The number of nitrogens with one attached hydrogen (secondary N) is 1. The lowest BCUT2D eigenvalue weighted by Gasteiger charge is -2.52. The molecule has 0 amide bonds. The van der Waals surface area contributed by atoms with Gasteiger partial charge in [0, 0.05) is 42.0 Å². The van der Waals surface area contributed by atoms with Crippen molar-refractivity contribution in [1.82, 2.24) is 20.4 Å². The molecule has 176 valence electrons. The van der Waals surface area contributed by atoms with Gasteiger partial charge < -0.3 is 20.1 Å². The number of benzene rings is 1. The van der Waals surface area contributed by atoms with Crippen LogP contribution in [0.15, 0.2) is 47.2 Å². The molecule has 8 heteroatoms. The van der Waals surface area contributed by atoms with Crippen LogP contribution in [-0.2, 0) is 11.2 Å². The van der Waals surface area contributed by atoms with Crippen LogP contribution in [0.3, 0.4) is 0 Å². The van der Waals surface area contributed by atoms with E-state index in [1.807, 2.05) is 6.07 Å². The number of pyridine rings is 1. The van der Waals surface area contributed by atoms with Crippen molar-refractivity contribution in [1.29, 1.82) is 0 Å². The van der Waals surface area contributed by atoms with E-state index in [-0.39, 0.29) is 23.7 Å². The van der Waals surface area contributed by atoms with Crippen LogP contribution < -0.4 is 5.32 Å². The van der Waals surface area contributed by atoms with E-state index in [2.05, 4.69) is 51.6 Å². The molecule has 1 saturated carbocycles. The van der Waals surface area contributed by atoms with Crippen molar-refractivity contribution in [3.05, 3.63) is 65.3 Å². The average molecular weight is 471 g/mol. The van der Waals surface area contributed by atoms with E-state index in [4.69, 9.17) is 4.52 Å². The smallest absolute Gasteiger partial charge is 0.258 e. The van der Waals surface area contributed by atoms with Gasteiger partial charge in [0.2, 0.25) is 5.82 Å². The fourth-order valence-electron chi connectivity index (χ4n) is 4.71. The maximum absolute atomic E-state index is 12.3. The quantitative estimate of drug-likeness (QED) is 0.502. The van der Waals surface area contributed by atoms with E-state index in [0.717, 1.165) is 5.56 Å². The third-order valence-electron chi connectivity index (χ3n) is 7.17. The molecule has 3 aromatic rings. The van der Waals surface area contributed by atoms with Crippen LogP contribution >= 0.6 is 12.4 Å². The molecule has 1 aromatic carbocycles. The third-order valence-corrected chi connectivity index (χ3v) is 7.17. The van der Waals surface area contributed by atoms with Crippen molar-refractivity contribution in [3.8, 4) is 11.4 Å². The van der Waals surface area contributed by atoms with Crippen molar-refractivity contribution < 1.29 is 14.7 Å². The Balaban J connectivity index is 0.00000259. The molecule has 3 N–H and O–H groups in total. The molecule has 0 bridgehead atoms. The van der Waals surface area contributed by atoms with Crippen LogP contribution in [0.2, 0.25) is 0 Å². The highest BCUT2D eigenvalue weighted by Gasteiger charge is 2.53. The minimum atomic E-state index is -1.23. The molecule has 1 atom stereocenters. The van der Waals surface area contributed by atoms with Gasteiger partial charge >= 0.3 is 0 Å². The zero-order chi connectivity index (χ0) is 22.6. The number of nitrogens with zero attached hydrogens (tertiary/aromatic N) is 3. The molecular formula is C25H31ClN4O3. The average Bonchev–Trinajstić information content (AvgIpc) is 3.22. The molecule has 7 nitrogen and oxygen atoms in total. The van der Waals surface area contributed by atoms with Gasteiger partial charge in [-0.1, -0.05) is 42.8 Å². The van der Waals surface area contributed by atoms with Crippen LogP contribution in [0.4, 0.5) is 0 Å². The summed E-state index contributed by atoms with van der Waals surface area (Å²) >= 11 is 0. The Morgan fingerprint density at radius 1 is 1.06 bits per heavy atom. The Morgan fingerprint density at radius 3 is 2.27 bits per heavy atom. The summed E-state index contributed by atoms with van der Waals surface area (Å²) in [4.78, 5) is 8.73. The molecule has 2 aliphatic rings. The lowest BCUT2D eigenvalue weighted by molar-refractivity contribution is -0.0769. The zero-order valence-corrected chi connectivity index (χ0v) is 20.0. The summed E-state index contributed by atoms with van der Waals surface area (Å²) in [5.74, 6) is 1.11. The third kappa shape index (κ3) is 3.97. The zero-order valence-electron chi connectivity index (χ0n) is 19.2. The Morgan fingerprint density at radius 2 is 1.76 bits per heavy atom. The summed E-state index contributed by atoms with van der Waals surface area (Å²) < 4.78 is 5.23. The molecule has 2 fully saturated rings. The normalized spacial score (nSPS) is 19.7. The summed E-state index contributed by atoms with van der Waals surface area (Å²) in [5.41, 5.74) is 0.658. The largest absolute Gasteiger partial charge is 0.381 e. The predicted octanol–water partition coefficient (Wildman–Crippen LogP) is 3.89. The molecule has 33 heavy (non-hydrogen) atoms. The Kier molecular flexibility index (Phi) is 6.12. The number of halogens is 1. The fraction of sp³-hybridized carbons (Fsp3) is 0.480. The molecule has 1 aliphatic heterocycles. The summed E-state index contributed by atoms with van der Waals surface area (Å²) in [6.07, 6.45) is 7.14. The van der Waals surface area contributed by atoms with Crippen LogP contribution in [0.25, 0.3) is 11.4 Å². The SMILES string of the molecule is CC(C)(O)c1nc(-c2cncc([C@@](O)(c3ccc(C4CCC4)cc3)C3(C)CNC3)c2)no1.Cl. The molecule has 0 unspecified atom stereocenters. The van der Waals surface area contributed by atoms with Gasteiger partial charge in [0.1, 0.15) is 11.2 Å². The standard InChI is InChI=1S/C25H30N4O3.ClH/c1-23(2,30)22-28-21(29-32-22)18-11-20(13-26-12-18)25(31,24(3)14-27-15-24)19-9-7-17(8-10-19)16-5-4-6-16;/h7-13,16,27,30-31H,4-6,14-15H2,1-3H3;1H/t25-;/m0./s1. The number of hydrogen-bond acceptors (Lipinski definition) is 7. The lowest BCUT2D eigenvalue weighted by atomic mass is 9.62. The van der Waals surface area contributed by atoms with Crippen molar-refractivity contribution in [2.75, 3.05) is 13.1 Å². The Bertz CT molecular complexity index is 1120. The number of hydrogen-bond donors (Lipinski definition) is 3. The second-order valence-electron chi connectivity index (χ2n) is 10.1. The summed E-state index contributed by atoms with van der Waals surface area (Å²) in [5, 5.41) is 29.7. The second kappa shape index (κ2) is 8.47. The predicted molar refractivity (Wildman–Crippen MR) is 127 cm³/mol. The van der Waals surface area contributed by atoms with Crippen molar-refractivity contribution >= 4 is 12.4 Å². The molecule has 0 radical (unpaired) electrons. The Hall–Kier alpha value is -2.32. The first-order valence-electron chi connectivity index (χ1n) is 11.3. The molecule has 1 aliphatic carbocycles. The van der Waals surface area contributed by atoms with Gasteiger partial charge in [0.25, 0.3) is 5.89 Å². The van der Waals surface area contributed by atoms with Gasteiger partial charge in [-0.3, -0.25) is 4.98 Å². The van der Waals surface area contributed by atoms with E-state index in [1.165, 1.54) is 24.8 Å². The van der Waals surface area contributed by atoms with Crippen LogP contribution in [-0.4, -0.2) is 38.4 Å². The highest BCUT2D eigenvalue weighted by atomic mass is 35.5. The van der Waals surface area contributed by atoms with Crippen molar-refractivity contribution in [2.24, 2.45) is 5.41 Å². The maximum atomic E-state index is 12.3. The van der Waals surface area contributed by atoms with Gasteiger partial charge in [0.15, 0.2) is 0 Å². The van der Waals surface area contributed by atoms with E-state index in [9.17, 15) is 10.2 Å². The van der Waals surface area contributed by atoms with Crippen LogP contribution in [0.5, 0.6) is 0 Å². The highest BCUT2D eigenvalue weighted by molar-refractivity contribution is 5.85. The minimum absolute atomic E-state index is 0. The Labute approximate surface area is 200 Å². The summed E-state index contributed by atoms with van der Waals surface area (Å²) in [7, 11) is 0. The van der Waals surface area contributed by atoms with Gasteiger partial charge in [-0.05, 0) is 49.8 Å². The molecule has 0 spiro atoms. The fourth-order valence-corrected chi connectivity index (χ4v) is 4.71. The number of aliphatic hydroxyl groups is 2. The van der Waals surface area contributed by atoms with Crippen molar-refractivity contribution in [2.45, 2.75) is 57.2 Å².